The Labute approximate surface area is 130 Å². The molecule has 0 bridgehead atoms. The van der Waals surface area contributed by atoms with Crippen LogP contribution in [0.3, 0.4) is 0 Å². The number of rotatable bonds is 3. The number of hydrogen-bond acceptors (Lipinski definition) is 3. The number of nitrogens with zero attached hydrogens (tertiary/aromatic N) is 2. The van der Waals surface area contributed by atoms with Crippen LogP contribution in [0.15, 0.2) is 28.7 Å². The highest BCUT2D eigenvalue weighted by Gasteiger charge is 2.25. The van der Waals surface area contributed by atoms with Crippen molar-refractivity contribution < 1.29 is 0 Å². The monoisotopic (exact) mass is 337 g/mol. The first-order chi connectivity index (χ1) is 9.81. The van der Waals surface area contributed by atoms with Crippen LogP contribution >= 0.6 is 15.9 Å². The second-order valence-corrected chi connectivity index (χ2v) is 6.86. The number of hydrogen-bond donors (Lipinski definition) is 1. The van der Waals surface area contributed by atoms with Crippen LogP contribution in [0.1, 0.15) is 18.4 Å². The van der Waals surface area contributed by atoms with Gasteiger partial charge in [-0.3, -0.25) is 9.80 Å². The van der Waals surface area contributed by atoms with Crippen molar-refractivity contribution in [2.75, 3.05) is 39.3 Å². The summed E-state index contributed by atoms with van der Waals surface area (Å²) in [7, 11) is 0. The molecule has 2 aliphatic rings. The van der Waals surface area contributed by atoms with Gasteiger partial charge in [0.25, 0.3) is 0 Å². The van der Waals surface area contributed by atoms with Gasteiger partial charge in [-0.1, -0.05) is 28.1 Å². The first-order valence-electron chi connectivity index (χ1n) is 7.73. The van der Waals surface area contributed by atoms with Gasteiger partial charge >= 0.3 is 0 Å². The molecule has 110 valence electrons. The number of piperazine rings is 1. The van der Waals surface area contributed by atoms with E-state index in [2.05, 4.69) is 55.3 Å². The van der Waals surface area contributed by atoms with E-state index in [0.717, 1.165) is 25.7 Å². The second-order valence-electron chi connectivity index (χ2n) is 5.94. The van der Waals surface area contributed by atoms with Crippen LogP contribution in [0.5, 0.6) is 0 Å². The molecule has 2 saturated heterocycles. The van der Waals surface area contributed by atoms with Crippen molar-refractivity contribution in [1.82, 2.24) is 15.1 Å². The molecule has 4 heteroatoms. The summed E-state index contributed by atoms with van der Waals surface area (Å²) in [6.07, 6.45) is 2.71. The summed E-state index contributed by atoms with van der Waals surface area (Å²) >= 11 is 3.51. The number of nitrogens with one attached hydrogen (secondary N) is 1. The molecule has 0 aliphatic carbocycles. The Kier molecular flexibility index (Phi) is 5.10. The van der Waals surface area contributed by atoms with E-state index in [0.29, 0.717) is 0 Å². The maximum atomic E-state index is 3.51. The fourth-order valence-electron chi connectivity index (χ4n) is 3.37. The molecule has 1 unspecified atom stereocenters. The Morgan fingerprint density at radius 1 is 1.10 bits per heavy atom. The molecule has 3 nitrogen and oxygen atoms in total. The van der Waals surface area contributed by atoms with E-state index in [1.807, 2.05) is 0 Å². The first kappa shape index (κ1) is 14.5. The minimum Gasteiger partial charge on any atom is -0.314 e. The van der Waals surface area contributed by atoms with Crippen LogP contribution < -0.4 is 5.32 Å². The summed E-state index contributed by atoms with van der Waals surface area (Å²) in [5, 5.41) is 3.45. The van der Waals surface area contributed by atoms with Crippen LogP contribution in [-0.4, -0.2) is 55.1 Å². The molecular formula is C16H24BrN3. The molecule has 0 amide bonds. The van der Waals surface area contributed by atoms with Gasteiger partial charge in [0.05, 0.1) is 0 Å². The van der Waals surface area contributed by atoms with E-state index >= 15 is 0 Å². The van der Waals surface area contributed by atoms with Crippen LogP contribution in [0.25, 0.3) is 0 Å². The molecule has 2 heterocycles. The van der Waals surface area contributed by atoms with Crippen molar-refractivity contribution in [3.05, 3.63) is 34.3 Å². The standard InChI is InChI=1S/C16H24BrN3/c17-15-5-3-14(4-6-15)12-19-9-1-2-16(13-19)20-10-7-18-8-11-20/h3-6,16,18H,1-2,7-13H2. The molecule has 2 aliphatic heterocycles. The SMILES string of the molecule is Brc1ccc(CN2CCCC(N3CCNCC3)C2)cc1. The molecule has 1 atom stereocenters. The van der Waals surface area contributed by atoms with Gasteiger partial charge < -0.3 is 5.32 Å². The van der Waals surface area contributed by atoms with Crippen molar-refractivity contribution in [2.45, 2.75) is 25.4 Å². The largest absolute Gasteiger partial charge is 0.314 e. The Hall–Kier alpha value is -0.420. The molecule has 0 spiro atoms. The zero-order chi connectivity index (χ0) is 13.8. The van der Waals surface area contributed by atoms with E-state index in [4.69, 9.17) is 0 Å². The van der Waals surface area contributed by atoms with Gasteiger partial charge in [0.2, 0.25) is 0 Å². The Morgan fingerprint density at radius 3 is 2.60 bits per heavy atom. The number of piperidine rings is 1. The highest BCUT2D eigenvalue weighted by molar-refractivity contribution is 9.10. The average Bonchev–Trinajstić information content (AvgIpc) is 2.51. The molecule has 20 heavy (non-hydrogen) atoms. The van der Waals surface area contributed by atoms with Gasteiger partial charge in [-0.25, -0.2) is 0 Å². The fourth-order valence-corrected chi connectivity index (χ4v) is 3.63. The predicted molar refractivity (Wildman–Crippen MR) is 86.9 cm³/mol. The zero-order valence-electron chi connectivity index (χ0n) is 12.0. The van der Waals surface area contributed by atoms with E-state index in [1.165, 1.54) is 49.1 Å². The van der Waals surface area contributed by atoms with E-state index < -0.39 is 0 Å². The minimum absolute atomic E-state index is 0.765. The lowest BCUT2D eigenvalue weighted by molar-refractivity contribution is 0.0840. The Bertz CT molecular complexity index is 414. The zero-order valence-corrected chi connectivity index (χ0v) is 13.6. The summed E-state index contributed by atoms with van der Waals surface area (Å²) in [5.74, 6) is 0. The third-order valence-corrected chi connectivity index (χ3v) is 5.00. The topological polar surface area (TPSA) is 18.5 Å². The highest BCUT2D eigenvalue weighted by atomic mass is 79.9. The third-order valence-electron chi connectivity index (χ3n) is 4.47. The van der Waals surface area contributed by atoms with Crippen molar-refractivity contribution >= 4 is 15.9 Å². The number of likely N-dealkylation sites (tertiary alicyclic amines) is 1. The molecule has 0 saturated carbocycles. The predicted octanol–water partition coefficient (Wildman–Crippen LogP) is 2.32. The van der Waals surface area contributed by atoms with Crippen LogP contribution in [-0.2, 0) is 6.54 Å². The molecule has 0 radical (unpaired) electrons. The van der Waals surface area contributed by atoms with Crippen molar-refractivity contribution in [3.8, 4) is 0 Å². The Morgan fingerprint density at radius 2 is 1.85 bits per heavy atom. The summed E-state index contributed by atoms with van der Waals surface area (Å²) in [6, 6.07) is 9.53. The lowest BCUT2D eigenvalue weighted by Gasteiger charge is -2.41. The van der Waals surface area contributed by atoms with Crippen molar-refractivity contribution in [3.63, 3.8) is 0 Å². The van der Waals surface area contributed by atoms with Crippen molar-refractivity contribution in [2.24, 2.45) is 0 Å². The third kappa shape index (κ3) is 3.82. The van der Waals surface area contributed by atoms with E-state index in [1.54, 1.807) is 0 Å². The molecule has 3 rings (SSSR count). The molecule has 1 N–H and O–H groups in total. The quantitative estimate of drug-likeness (QED) is 0.913. The number of benzene rings is 1. The summed E-state index contributed by atoms with van der Waals surface area (Å²) in [6.45, 7) is 8.32. The fraction of sp³-hybridized carbons (Fsp3) is 0.625. The van der Waals surface area contributed by atoms with Crippen molar-refractivity contribution in [1.29, 1.82) is 0 Å². The lowest BCUT2D eigenvalue weighted by atomic mass is 10.0. The summed E-state index contributed by atoms with van der Waals surface area (Å²) in [4.78, 5) is 5.31. The molecule has 2 fully saturated rings. The van der Waals surface area contributed by atoms with Crippen LogP contribution in [0, 0.1) is 0 Å². The van der Waals surface area contributed by atoms with Gasteiger partial charge in [-0.05, 0) is 37.1 Å². The molecule has 1 aromatic carbocycles. The normalized spacial score (nSPS) is 25.8. The molecular weight excluding hydrogens is 314 g/mol. The minimum atomic E-state index is 0.765. The van der Waals surface area contributed by atoms with E-state index in [-0.39, 0.29) is 0 Å². The second kappa shape index (κ2) is 7.03. The molecule has 1 aromatic rings. The van der Waals surface area contributed by atoms with Gasteiger partial charge in [-0.2, -0.15) is 0 Å². The smallest absolute Gasteiger partial charge is 0.0234 e. The summed E-state index contributed by atoms with van der Waals surface area (Å²) in [5.41, 5.74) is 1.43. The Balaban J connectivity index is 1.56. The molecule has 0 aromatic heterocycles. The highest BCUT2D eigenvalue weighted by Crippen LogP contribution is 2.19. The van der Waals surface area contributed by atoms with Gasteiger partial charge in [0, 0.05) is 49.8 Å². The van der Waals surface area contributed by atoms with E-state index in [9.17, 15) is 0 Å². The van der Waals surface area contributed by atoms with Crippen LogP contribution in [0.2, 0.25) is 0 Å². The maximum Gasteiger partial charge on any atom is 0.0234 e. The van der Waals surface area contributed by atoms with Gasteiger partial charge in [0.1, 0.15) is 0 Å². The summed E-state index contributed by atoms with van der Waals surface area (Å²) < 4.78 is 1.17. The van der Waals surface area contributed by atoms with Crippen LogP contribution in [0.4, 0.5) is 0 Å². The average molecular weight is 338 g/mol. The lowest BCUT2D eigenvalue weighted by Crippen LogP contribution is -2.53. The van der Waals surface area contributed by atoms with Gasteiger partial charge in [-0.15, -0.1) is 0 Å². The van der Waals surface area contributed by atoms with Gasteiger partial charge in [0.15, 0.2) is 0 Å². The number of halogens is 1. The first-order valence-corrected chi connectivity index (χ1v) is 8.52. The maximum absolute atomic E-state index is 3.51.